The maximum Gasteiger partial charge on any atom is 0.228 e. The van der Waals surface area contributed by atoms with E-state index in [1.807, 2.05) is 36.4 Å². The number of nitrogens with one attached hydrogen (secondary N) is 1. The molecule has 0 bridgehead atoms. The monoisotopic (exact) mass is 423 g/mol. The van der Waals surface area contributed by atoms with Crippen LogP contribution in [-0.4, -0.2) is 33.9 Å². The molecular formula is C26H25N5O. The molecule has 4 aromatic rings. The Morgan fingerprint density at radius 3 is 2.50 bits per heavy atom. The number of nitrogens with zero attached hydrogens (tertiary/aromatic N) is 4. The number of hydrogen-bond acceptors (Lipinski definition) is 5. The van der Waals surface area contributed by atoms with Gasteiger partial charge in [0.2, 0.25) is 11.9 Å². The average molecular weight is 424 g/mol. The van der Waals surface area contributed by atoms with Crippen molar-refractivity contribution < 1.29 is 4.79 Å². The van der Waals surface area contributed by atoms with Crippen molar-refractivity contribution in [1.82, 2.24) is 15.0 Å². The fourth-order valence-corrected chi connectivity index (χ4v) is 4.19. The first-order valence-corrected chi connectivity index (χ1v) is 11.0. The number of piperidine rings is 1. The van der Waals surface area contributed by atoms with Crippen LogP contribution in [-0.2, 0) is 4.79 Å². The Labute approximate surface area is 187 Å². The summed E-state index contributed by atoms with van der Waals surface area (Å²) in [6.45, 7) is 3.57. The van der Waals surface area contributed by atoms with Crippen LogP contribution in [0, 0.1) is 12.8 Å². The van der Waals surface area contributed by atoms with Crippen LogP contribution in [0.2, 0.25) is 0 Å². The summed E-state index contributed by atoms with van der Waals surface area (Å²) in [6, 6.07) is 22.1. The second-order valence-electron chi connectivity index (χ2n) is 8.22. The third-order valence-electron chi connectivity index (χ3n) is 5.95. The van der Waals surface area contributed by atoms with E-state index in [2.05, 4.69) is 52.5 Å². The Kier molecular flexibility index (Phi) is 5.50. The summed E-state index contributed by atoms with van der Waals surface area (Å²) < 4.78 is 0. The summed E-state index contributed by atoms with van der Waals surface area (Å²) in [4.78, 5) is 28.9. The molecule has 6 heteroatoms. The Morgan fingerprint density at radius 1 is 0.969 bits per heavy atom. The molecule has 1 saturated heterocycles. The Balaban J connectivity index is 1.38. The molecule has 1 fully saturated rings. The zero-order valence-electron chi connectivity index (χ0n) is 18.0. The topological polar surface area (TPSA) is 71.0 Å². The number of rotatable bonds is 4. The minimum atomic E-state index is -0.0371. The molecule has 32 heavy (non-hydrogen) atoms. The van der Waals surface area contributed by atoms with E-state index in [1.54, 1.807) is 6.20 Å². The summed E-state index contributed by atoms with van der Waals surface area (Å²) in [7, 11) is 0. The third-order valence-corrected chi connectivity index (χ3v) is 5.95. The zero-order valence-corrected chi connectivity index (χ0v) is 18.0. The molecule has 1 aliphatic heterocycles. The Morgan fingerprint density at radius 2 is 1.75 bits per heavy atom. The molecule has 0 saturated carbocycles. The highest BCUT2D eigenvalue weighted by atomic mass is 16.1. The summed E-state index contributed by atoms with van der Waals surface area (Å²) in [5.41, 5.74) is 4.15. The van der Waals surface area contributed by atoms with Gasteiger partial charge in [-0.2, -0.15) is 0 Å². The first-order valence-electron chi connectivity index (χ1n) is 11.0. The van der Waals surface area contributed by atoms with Crippen molar-refractivity contribution in [2.45, 2.75) is 19.8 Å². The minimum Gasteiger partial charge on any atom is -0.341 e. The van der Waals surface area contributed by atoms with E-state index >= 15 is 0 Å². The molecule has 0 aliphatic carbocycles. The van der Waals surface area contributed by atoms with E-state index < -0.39 is 0 Å². The Hall–Kier alpha value is -3.80. The molecule has 5 rings (SSSR count). The molecule has 2 aromatic carbocycles. The molecule has 0 radical (unpaired) electrons. The van der Waals surface area contributed by atoms with E-state index in [9.17, 15) is 4.79 Å². The quantitative estimate of drug-likeness (QED) is 0.508. The normalized spacial score (nSPS) is 14.5. The SMILES string of the molecule is Cc1ccc2nc(N3CCC(C(=O)Nc4ccccn4)CC3)nc(-c3ccccc3)c2c1. The highest BCUT2D eigenvalue weighted by molar-refractivity contribution is 5.94. The zero-order chi connectivity index (χ0) is 21.9. The van der Waals surface area contributed by atoms with E-state index in [0.717, 1.165) is 54.0 Å². The van der Waals surface area contributed by atoms with Gasteiger partial charge < -0.3 is 10.2 Å². The van der Waals surface area contributed by atoms with Crippen molar-refractivity contribution in [2.24, 2.45) is 5.92 Å². The van der Waals surface area contributed by atoms with Gasteiger partial charge in [0.05, 0.1) is 11.2 Å². The lowest BCUT2D eigenvalue weighted by Crippen LogP contribution is -2.39. The molecule has 6 nitrogen and oxygen atoms in total. The third kappa shape index (κ3) is 4.17. The molecule has 3 heterocycles. The lowest BCUT2D eigenvalue weighted by molar-refractivity contribution is -0.120. The fourth-order valence-electron chi connectivity index (χ4n) is 4.19. The highest BCUT2D eigenvalue weighted by Gasteiger charge is 2.27. The van der Waals surface area contributed by atoms with Crippen LogP contribution < -0.4 is 10.2 Å². The van der Waals surface area contributed by atoms with Crippen LogP contribution >= 0.6 is 0 Å². The van der Waals surface area contributed by atoms with Crippen molar-refractivity contribution in [3.05, 3.63) is 78.5 Å². The maximum absolute atomic E-state index is 12.7. The van der Waals surface area contributed by atoms with E-state index in [-0.39, 0.29) is 11.8 Å². The van der Waals surface area contributed by atoms with Gasteiger partial charge in [0, 0.05) is 36.2 Å². The summed E-state index contributed by atoms with van der Waals surface area (Å²) in [5.74, 6) is 1.32. The van der Waals surface area contributed by atoms with Crippen molar-refractivity contribution >= 4 is 28.6 Å². The number of fused-ring (bicyclic) bond motifs is 1. The molecule has 2 aromatic heterocycles. The number of benzene rings is 2. The number of hydrogen-bond donors (Lipinski definition) is 1. The smallest absolute Gasteiger partial charge is 0.228 e. The number of aryl methyl sites for hydroxylation is 1. The predicted octanol–water partition coefficient (Wildman–Crippen LogP) is 4.86. The summed E-state index contributed by atoms with van der Waals surface area (Å²) >= 11 is 0. The largest absolute Gasteiger partial charge is 0.341 e. The van der Waals surface area contributed by atoms with Crippen molar-refractivity contribution in [3.8, 4) is 11.3 Å². The molecule has 0 atom stereocenters. The van der Waals surface area contributed by atoms with Crippen LogP contribution in [0.25, 0.3) is 22.2 Å². The lowest BCUT2D eigenvalue weighted by Gasteiger charge is -2.31. The summed E-state index contributed by atoms with van der Waals surface area (Å²) in [6.07, 6.45) is 3.20. The average Bonchev–Trinajstić information content (AvgIpc) is 2.84. The van der Waals surface area contributed by atoms with Gasteiger partial charge in [0.25, 0.3) is 0 Å². The van der Waals surface area contributed by atoms with Gasteiger partial charge in [-0.3, -0.25) is 4.79 Å². The number of anilines is 2. The second-order valence-corrected chi connectivity index (χ2v) is 8.22. The van der Waals surface area contributed by atoms with Crippen LogP contribution in [0.1, 0.15) is 18.4 Å². The van der Waals surface area contributed by atoms with Crippen LogP contribution in [0.5, 0.6) is 0 Å². The lowest BCUT2D eigenvalue weighted by atomic mass is 9.96. The highest BCUT2D eigenvalue weighted by Crippen LogP contribution is 2.30. The van der Waals surface area contributed by atoms with Gasteiger partial charge in [-0.1, -0.05) is 48.0 Å². The maximum atomic E-state index is 12.7. The molecule has 0 spiro atoms. The van der Waals surface area contributed by atoms with Crippen LogP contribution in [0.15, 0.2) is 72.9 Å². The van der Waals surface area contributed by atoms with Gasteiger partial charge >= 0.3 is 0 Å². The van der Waals surface area contributed by atoms with Crippen molar-refractivity contribution in [3.63, 3.8) is 0 Å². The molecule has 1 amide bonds. The standard InChI is InChI=1S/C26H25N5O/c1-18-10-11-22-21(17-18)24(19-7-3-2-4-8-19)30-26(28-22)31-15-12-20(13-16-31)25(32)29-23-9-5-6-14-27-23/h2-11,14,17,20H,12-13,15-16H2,1H3,(H,27,29,32). The van der Waals surface area contributed by atoms with Gasteiger partial charge in [-0.25, -0.2) is 15.0 Å². The van der Waals surface area contributed by atoms with E-state index in [0.29, 0.717) is 5.82 Å². The predicted molar refractivity (Wildman–Crippen MR) is 128 cm³/mol. The Bertz CT molecular complexity index is 1240. The van der Waals surface area contributed by atoms with Crippen molar-refractivity contribution in [1.29, 1.82) is 0 Å². The number of pyridine rings is 1. The fraction of sp³-hybridized carbons (Fsp3) is 0.231. The molecule has 160 valence electrons. The van der Waals surface area contributed by atoms with E-state index in [4.69, 9.17) is 9.97 Å². The number of carbonyl (C=O) groups is 1. The second kappa shape index (κ2) is 8.75. The van der Waals surface area contributed by atoms with Crippen molar-refractivity contribution in [2.75, 3.05) is 23.3 Å². The molecule has 1 aliphatic rings. The van der Waals surface area contributed by atoms with Gasteiger partial charge in [0.1, 0.15) is 5.82 Å². The van der Waals surface area contributed by atoms with Crippen LogP contribution in [0.3, 0.4) is 0 Å². The van der Waals surface area contributed by atoms with Gasteiger partial charge in [0.15, 0.2) is 0 Å². The molecular weight excluding hydrogens is 398 g/mol. The minimum absolute atomic E-state index is 0.0308. The number of aromatic nitrogens is 3. The van der Waals surface area contributed by atoms with Gasteiger partial charge in [-0.15, -0.1) is 0 Å². The molecule has 0 unspecified atom stereocenters. The number of amides is 1. The first-order chi connectivity index (χ1) is 15.7. The first kappa shape index (κ1) is 20.1. The number of carbonyl (C=O) groups excluding carboxylic acids is 1. The van der Waals surface area contributed by atoms with E-state index in [1.165, 1.54) is 5.56 Å². The summed E-state index contributed by atoms with van der Waals surface area (Å²) in [5, 5.41) is 3.99. The van der Waals surface area contributed by atoms with Crippen LogP contribution in [0.4, 0.5) is 11.8 Å². The van der Waals surface area contributed by atoms with Gasteiger partial charge in [-0.05, 0) is 44.0 Å². The molecule has 1 N–H and O–H groups in total.